The number of carboxylic acid groups (broad SMARTS) is 1. The van der Waals surface area contributed by atoms with Gasteiger partial charge in [0.15, 0.2) is 22.7 Å². The van der Waals surface area contributed by atoms with Crippen molar-refractivity contribution in [2.45, 2.75) is 12.5 Å². The van der Waals surface area contributed by atoms with Crippen molar-refractivity contribution in [1.82, 2.24) is 4.98 Å². The number of hydrogen-bond acceptors (Lipinski definition) is 8. The van der Waals surface area contributed by atoms with Crippen LogP contribution in [0.4, 0.5) is 0 Å². The second kappa shape index (κ2) is 7.93. The van der Waals surface area contributed by atoms with Crippen molar-refractivity contribution in [3.05, 3.63) is 18.0 Å². The number of carboxylic acids is 1. The molecule has 24 heavy (non-hydrogen) atoms. The van der Waals surface area contributed by atoms with E-state index in [-0.39, 0.29) is 36.3 Å². The van der Waals surface area contributed by atoms with Gasteiger partial charge in [-0.15, -0.1) is 0 Å². The van der Waals surface area contributed by atoms with Gasteiger partial charge in [-0.3, -0.25) is 0 Å². The molecule has 0 amide bonds. The zero-order valence-electron chi connectivity index (χ0n) is 13.5. The smallest absolute Gasteiger partial charge is 0.335 e. The maximum atomic E-state index is 11.2. The summed E-state index contributed by atoms with van der Waals surface area (Å²) in [6.07, 6.45) is 1.42. The van der Waals surface area contributed by atoms with Gasteiger partial charge in [-0.2, -0.15) is 0 Å². The van der Waals surface area contributed by atoms with Gasteiger partial charge in [-0.05, 0) is 6.92 Å². The Hall–Kier alpha value is -2.39. The first-order chi connectivity index (χ1) is 11.5. The number of aliphatic carboxylic acids is 1. The average molecular weight is 340 g/mol. The molecule has 132 valence electrons. The molecule has 9 nitrogen and oxygen atoms in total. The largest absolute Gasteiger partial charge is 0.503 e. The molecule has 1 aromatic rings. The Labute approximate surface area is 138 Å². The van der Waals surface area contributed by atoms with E-state index in [1.54, 1.807) is 7.11 Å². The van der Waals surface area contributed by atoms with E-state index in [0.717, 1.165) is 0 Å². The molecule has 1 aliphatic heterocycles. The maximum absolute atomic E-state index is 11.2. The number of ether oxygens (including phenoxy) is 4. The number of aromatic hydroxyl groups is 1. The highest BCUT2D eigenvalue weighted by molar-refractivity contribution is 5.99. The van der Waals surface area contributed by atoms with Crippen molar-refractivity contribution in [3.8, 4) is 11.5 Å². The van der Waals surface area contributed by atoms with Gasteiger partial charge in [-0.1, -0.05) is 0 Å². The topological polar surface area (TPSA) is 120 Å². The first-order valence-electron chi connectivity index (χ1n) is 7.32. The Morgan fingerprint density at radius 2 is 2.12 bits per heavy atom. The van der Waals surface area contributed by atoms with Gasteiger partial charge in [0, 0.05) is 19.4 Å². The second-order valence-electron chi connectivity index (χ2n) is 5.24. The number of carbonyl (C=O) groups is 1. The summed E-state index contributed by atoms with van der Waals surface area (Å²) in [4.78, 5) is 19.2. The lowest BCUT2D eigenvalue weighted by Crippen LogP contribution is -2.34. The number of aliphatic imine (C=N–C) groups is 1. The summed E-state index contributed by atoms with van der Waals surface area (Å²) < 4.78 is 20.8. The standard InChI is InChI=1S/C15H20N2O7/c1-15(14(19)20)9-24-13(17-15)11-12(18)10(3-4-16-11)23-8-7-22-6-5-21-2/h3-4,18H,5-9H2,1-2H3,(H,19,20). The highest BCUT2D eigenvalue weighted by Gasteiger charge is 2.40. The lowest BCUT2D eigenvalue weighted by atomic mass is 10.1. The van der Waals surface area contributed by atoms with Crippen LogP contribution in [0.1, 0.15) is 12.6 Å². The third kappa shape index (κ3) is 4.12. The van der Waals surface area contributed by atoms with Gasteiger partial charge >= 0.3 is 5.97 Å². The second-order valence-corrected chi connectivity index (χ2v) is 5.24. The highest BCUT2D eigenvalue weighted by Crippen LogP contribution is 2.31. The molecule has 2 rings (SSSR count). The number of hydrogen-bond donors (Lipinski definition) is 2. The van der Waals surface area contributed by atoms with Crippen molar-refractivity contribution in [2.75, 3.05) is 40.1 Å². The van der Waals surface area contributed by atoms with Crippen LogP contribution in [0, 0.1) is 0 Å². The average Bonchev–Trinajstić information content (AvgIpc) is 2.96. The number of rotatable bonds is 9. The SMILES string of the molecule is COCCOCCOc1ccnc(C2=NC(C)(C(=O)O)CO2)c1O. The molecular weight excluding hydrogens is 320 g/mol. The Morgan fingerprint density at radius 1 is 1.38 bits per heavy atom. The summed E-state index contributed by atoms with van der Waals surface area (Å²) in [5.41, 5.74) is -1.35. The Kier molecular flexibility index (Phi) is 5.93. The highest BCUT2D eigenvalue weighted by atomic mass is 16.5. The normalized spacial score (nSPS) is 19.7. The fourth-order valence-corrected chi connectivity index (χ4v) is 1.89. The molecule has 0 saturated carbocycles. The minimum Gasteiger partial charge on any atom is -0.503 e. The van der Waals surface area contributed by atoms with Crippen LogP contribution in [0.15, 0.2) is 17.3 Å². The van der Waals surface area contributed by atoms with Crippen LogP contribution < -0.4 is 4.74 Å². The van der Waals surface area contributed by atoms with E-state index in [0.29, 0.717) is 19.8 Å². The van der Waals surface area contributed by atoms with Crippen LogP contribution in [0.5, 0.6) is 11.5 Å². The Bertz CT molecular complexity index is 620. The quantitative estimate of drug-likeness (QED) is 0.622. The third-order valence-corrected chi connectivity index (χ3v) is 3.31. The van der Waals surface area contributed by atoms with E-state index < -0.39 is 11.5 Å². The zero-order chi connectivity index (χ0) is 17.6. The molecule has 0 fully saturated rings. The van der Waals surface area contributed by atoms with Crippen LogP contribution in [-0.4, -0.2) is 72.7 Å². The van der Waals surface area contributed by atoms with Crippen molar-refractivity contribution >= 4 is 11.9 Å². The number of pyridine rings is 1. The minimum absolute atomic E-state index is 0.0285. The lowest BCUT2D eigenvalue weighted by Gasteiger charge is -2.10. The molecule has 1 unspecified atom stereocenters. The van der Waals surface area contributed by atoms with E-state index >= 15 is 0 Å². The third-order valence-electron chi connectivity index (χ3n) is 3.31. The van der Waals surface area contributed by atoms with Gasteiger partial charge in [0.25, 0.3) is 0 Å². The Balaban J connectivity index is 2.02. The molecule has 9 heteroatoms. The van der Waals surface area contributed by atoms with Crippen LogP contribution in [0.3, 0.4) is 0 Å². The van der Waals surface area contributed by atoms with Crippen LogP contribution in [-0.2, 0) is 19.0 Å². The fraction of sp³-hybridized carbons (Fsp3) is 0.533. The minimum atomic E-state index is -1.39. The summed E-state index contributed by atoms with van der Waals surface area (Å²) in [7, 11) is 1.58. The predicted molar refractivity (Wildman–Crippen MR) is 82.6 cm³/mol. The molecule has 0 radical (unpaired) electrons. The van der Waals surface area contributed by atoms with Crippen molar-refractivity contribution < 1.29 is 34.0 Å². The fourth-order valence-electron chi connectivity index (χ4n) is 1.89. The van der Waals surface area contributed by atoms with E-state index in [2.05, 4.69) is 9.98 Å². The molecule has 1 aromatic heterocycles. The van der Waals surface area contributed by atoms with Gasteiger partial charge in [0.05, 0.1) is 19.8 Å². The molecule has 0 bridgehead atoms. The molecule has 0 spiro atoms. The number of aromatic nitrogens is 1. The molecule has 2 heterocycles. The van der Waals surface area contributed by atoms with Crippen molar-refractivity contribution in [3.63, 3.8) is 0 Å². The van der Waals surface area contributed by atoms with Gasteiger partial charge in [0.2, 0.25) is 5.90 Å². The molecule has 0 saturated heterocycles. The number of nitrogens with zero attached hydrogens (tertiary/aromatic N) is 2. The van der Waals surface area contributed by atoms with Crippen LogP contribution >= 0.6 is 0 Å². The van der Waals surface area contributed by atoms with E-state index in [1.807, 2.05) is 0 Å². The summed E-state index contributed by atoms with van der Waals surface area (Å²) in [5, 5.41) is 19.4. The number of methoxy groups -OCH3 is 1. The molecule has 2 N–H and O–H groups in total. The zero-order valence-corrected chi connectivity index (χ0v) is 13.5. The molecule has 0 aliphatic carbocycles. The van der Waals surface area contributed by atoms with E-state index in [9.17, 15) is 9.90 Å². The summed E-state index contributed by atoms with van der Waals surface area (Å²) >= 11 is 0. The van der Waals surface area contributed by atoms with Crippen molar-refractivity contribution in [1.29, 1.82) is 0 Å². The molecule has 0 aromatic carbocycles. The van der Waals surface area contributed by atoms with Gasteiger partial charge < -0.3 is 29.2 Å². The maximum Gasteiger partial charge on any atom is 0.335 e. The first kappa shape index (κ1) is 18.0. The van der Waals surface area contributed by atoms with Crippen molar-refractivity contribution in [2.24, 2.45) is 4.99 Å². The predicted octanol–water partition coefficient (Wildman–Crippen LogP) is 0.449. The van der Waals surface area contributed by atoms with E-state index in [1.165, 1.54) is 19.2 Å². The summed E-state index contributed by atoms with van der Waals surface area (Å²) in [6.45, 7) is 2.79. The monoisotopic (exact) mass is 340 g/mol. The molecule has 1 aliphatic rings. The van der Waals surface area contributed by atoms with Gasteiger partial charge in [0.1, 0.15) is 13.2 Å². The summed E-state index contributed by atoms with van der Waals surface area (Å²) in [6, 6.07) is 1.49. The molecular formula is C15H20N2O7. The van der Waals surface area contributed by atoms with E-state index in [4.69, 9.17) is 24.1 Å². The first-order valence-corrected chi connectivity index (χ1v) is 7.32. The molecule has 1 atom stereocenters. The van der Waals surface area contributed by atoms with Crippen LogP contribution in [0.25, 0.3) is 0 Å². The Morgan fingerprint density at radius 3 is 2.79 bits per heavy atom. The summed E-state index contributed by atoms with van der Waals surface area (Å²) in [5.74, 6) is -1.22. The van der Waals surface area contributed by atoms with Gasteiger partial charge in [-0.25, -0.2) is 14.8 Å². The lowest BCUT2D eigenvalue weighted by molar-refractivity contribution is -0.142. The van der Waals surface area contributed by atoms with Crippen LogP contribution in [0.2, 0.25) is 0 Å².